The molecule has 35 heavy (non-hydrogen) atoms. The first kappa shape index (κ1) is 24.3. The third kappa shape index (κ3) is 4.88. The molecule has 0 radical (unpaired) electrons. The Kier molecular flexibility index (Phi) is 7.41. The molecule has 1 atom stereocenters. The largest absolute Gasteiger partial charge is 0.295 e. The summed E-state index contributed by atoms with van der Waals surface area (Å²) in [7, 11) is 0. The lowest BCUT2D eigenvalue weighted by Gasteiger charge is -2.19. The average molecular weight is 462 g/mol. The van der Waals surface area contributed by atoms with E-state index in [9.17, 15) is 4.79 Å². The van der Waals surface area contributed by atoms with Gasteiger partial charge in [-0.25, -0.2) is 0 Å². The first-order valence-electron chi connectivity index (χ1n) is 12.5. The first-order valence-corrected chi connectivity index (χ1v) is 12.5. The van der Waals surface area contributed by atoms with E-state index >= 15 is 0 Å². The molecule has 0 aliphatic heterocycles. The maximum Gasteiger partial charge on any atom is 0.158 e. The van der Waals surface area contributed by atoms with Gasteiger partial charge in [0.05, 0.1) is 0 Å². The number of hydrogen-bond acceptors (Lipinski definition) is 2. The molecule has 0 saturated heterocycles. The highest BCUT2D eigenvalue weighted by atomic mass is 16.1. The lowest BCUT2D eigenvalue weighted by molar-refractivity contribution is -0.115. The number of rotatable bonds is 5. The van der Waals surface area contributed by atoms with Crippen LogP contribution in [0.1, 0.15) is 58.2 Å². The van der Waals surface area contributed by atoms with Crippen LogP contribution >= 0.6 is 0 Å². The molecule has 0 spiro atoms. The summed E-state index contributed by atoms with van der Waals surface area (Å²) in [6.07, 6.45) is 8.25. The van der Waals surface area contributed by atoms with Gasteiger partial charge < -0.3 is 0 Å². The van der Waals surface area contributed by atoms with E-state index in [4.69, 9.17) is 0 Å². The van der Waals surface area contributed by atoms with Crippen LogP contribution in [-0.2, 0) is 4.79 Å². The average Bonchev–Trinajstić information content (AvgIpc) is 3.03. The predicted octanol–water partition coefficient (Wildman–Crippen LogP) is 9.05. The van der Waals surface area contributed by atoms with Crippen LogP contribution in [0.25, 0.3) is 32.7 Å². The third-order valence-electron chi connectivity index (χ3n) is 6.79. The number of allylic oxidation sites excluding steroid dienone is 3. The maximum absolute atomic E-state index is 12.3. The van der Waals surface area contributed by atoms with E-state index in [1.165, 1.54) is 38.4 Å². The molecule has 1 aromatic heterocycles. The van der Waals surface area contributed by atoms with E-state index in [1.54, 1.807) is 6.92 Å². The molecule has 1 aliphatic carbocycles. The molecule has 1 unspecified atom stereocenters. The van der Waals surface area contributed by atoms with Gasteiger partial charge in [0.2, 0.25) is 0 Å². The second kappa shape index (κ2) is 10.7. The number of ketones is 1. The molecule has 5 rings (SSSR count). The number of pyridine rings is 1. The minimum atomic E-state index is 0. The van der Waals surface area contributed by atoms with Crippen LogP contribution in [0.4, 0.5) is 0 Å². The molecule has 3 aromatic carbocycles. The zero-order valence-corrected chi connectivity index (χ0v) is 21.0. The van der Waals surface area contributed by atoms with E-state index in [1.807, 2.05) is 26.2 Å². The van der Waals surface area contributed by atoms with Gasteiger partial charge in [-0.3, -0.25) is 9.78 Å². The van der Waals surface area contributed by atoms with Gasteiger partial charge in [0.1, 0.15) is 0 Å². The van der Waals surface area contributed by atoms with Crippen molar-refractivity contribution in [3.63, 3.8) is 0 Å². The Morgan fingerprint density at radius 2 is 1.66 bits per heavy atom. The van der Waals surface area contributed by atoms with Crippen LogP contribution in [0.5, 0.6) is 0 Å². The minimum Gasteiger partial charge on any atom is -0.295 e. The molecule has 0 bridgehead atoms. The number of hydrogen-bond donors (Lipinski definition) is 0. The number of carbonyl (C=O) groups excluding carboxylic acids is 1. The lowest BCUT2D eigenvalue weighted by Crippen LogP contribution is -2.06. The molecular formula is C33H35NO. The van der Waals surface area contributed by atoms with Gasteiger partial charge >= 0.3 is 0 Å². The summed E-state index contributed by atoms with van der Waals surface area (Å²) in [6, 6.07) is 21.5. The Labute approximate surface area is 210 Å². The van der Waals surface area contributed by atoms with E-state index in [2.05, 4.69) is 84.9 Å². The second-order valence-electron chi connectivity index (χ2n) is 8.97. The number of aromatic nitrogens is 1. The molecule has 1 aliphatic rings. The Morgan fingerprint density at radius 1 is 0.971 bits per heavy atom. The van der Waals surface area contributed by atoms with Gasteiger partial charge in [0, 0.05) is 25.6 Å². The monoisotopic (exact) mass is 461 g/mol. The number of carbonyl (C=O) groups is 1. The van der Waals surface area contributed by atoms with Crippen molar-refractivity contribution in [1.29, 1.82) is 0 Å². The van der Waals surface area contributed by atoms with Gasteiger partial charge in [0.25, 0.3) is 0 Å². The lowest BCUT2D eigenvalue weighted by atomic mass is 9.85. The molecule has 0 N–H and O–H groups in total. The number of Topliss-reactive ketones (excluding diaryl/α,β-unsaturated/α-hetero) is 1. The maximum atomic E-state index is 12.3. The Morgan fingerprint density at radius 3 is 2.37 bits per heavy atom. The van der Waals surface area contributed by atoms with Crippen molar-refractivity contribution in [2.75, 3.05) is 0 Å². The number of nitrogens with zero attached hydrogens (tertiary/aromatic N) is 1. The SMILES string of the molecule is C=C(C)C(=O)CCC1CC=C(c2cccc3cnccc23)c2cc3ccccc3cc2C1=C.CC.[HH]. The van der Waals surface area contributed by atoms with Crippen LogP contribution in [0.2, 0.25) is 0 Å². The quantitative estimate of drug-likeness (QED) is 0.277. The van der Waals surface area contributed by atoms with Crippen molar-refractivity contribution in [3.05, 3.63) is 115 Å². The zero-order valence-electron chi connectivity index (χ0n) is 21.0. The van der Waals surface area contributed by atoms with E-state index < -0.39 is 0 Å². The molecule has 0 saturated carbocycles. The molecule has 2 nitrogen and oxygen atoms in total. The standard InChI is InChI=1S/C31H27NO.C2H6.H2/c1-20(2)31(33)14-12-22-11-13-28(27-10-6-9-25-19-32-16-15-26(25)27)30-18-24-8-5-4-7-23(24)17-29(30)21(22)3;1-2;/h4-10,13,15-19,22H,1,3,11-12,14H2,2H3;1-2H3;1H. The summed E-state index contributed by atoms with van der Waals surface area (Å²) in [4.78, 5) is 16.6. The van der Waals surface area contributed by atoms with Gasteiger partial charge in [0.15, 0.2) is 5.78 Å². The van der Waals surface area contributed by atoms with Crippen LogP contribution in [0.3, 0.4) is 0 Å². The van der Waals surface area contributed by atoms with Gasteiger partial charge in [-0.2, -0.15) is 0 Å². The predicted molar refractivity (Wildman–Crippen MR) is 152 cm³/mol. The van der Waals surface area contributed by atoms with Crippen LogP contribution in [0.15, 0.2) is 97.9 Å². The van der Waals surface area contributed by atoms with Crippen LogP contribution < -0.4 is 0 Å². The molecule has 1 heterocycles. The highest BCUT2D eigenvalue weighted by Crippen LogP contribution is 2.43. The van der Waals surface area contributed by atoms with Crippen molar-refractivity contribution in [1.82, 2.24) is 4.98 Å². The summed E-state index contributed by atoms with van der Waals surface area (Å²) < 4.78 is 0. The summed E-state index contributed by atoms with van der Waals surface area (Å²) in [5.41, 5.74) is 6.55. The Bertz CT molecular complexity index is 1460. The van der Waals surface area contributed by atoms with Crippen molar-refractivity contribution >= 4 is 38.5 Å². The fourth-order valence-corrected chi connectivity index (χ4v) is 4.88. The van der Waals surface area contributed by atoms with Crippen LogP contribution in [-0.4, -0.2) is 10.8 Å². The topological polar surface area (TPSA) is 30.0 Å². The Balaban J connectivity index is 0.00000117. The molecule has 0 amide bonds. The molecular weight excluding hydrogens is 426 g/mol. The van der Waals surface area contributed by atoms with Crippen molar-refractivity contribution in [2.24, 2.45) is 5.92 Å². The zero-order chi connectivity index (χ0) is 24.9. The number of benzene rings is 3. The Hall–Kier alpha value is -3.78. The van der Waals surface area contributed by atoms with Gasteiger partial charge in [-0.05, 0) is 93.5 Å². The smallest absolute Gasteiger partial charge is 0.158 e. The third-order valence-corrected chi connectivity index (χ3v) is 6.79. The van der Waals surface area contributed by atoms with E-state index in [0.717, 1.165) is 23.8 Å². The van der Waals surface area contributed by atoms with Gasteiger partial charge in [-0.15, -0.1) is 0 Å². The van der Waals surface area contributed by atoms with Crippen molar-refractivity contribution in [2.45, 2.75) is 40.0 Å². The minimum absolute atomic E-state index is 0. The molecule has 0 fully saturated rings. The summed E-state index contributed by atoms with van der Waals surface area (Å²) in [6.45, 7) is 14.1. The van der Waals surface area contributed by atoms with Crippen molar-refractivity contribution < 1.29 is 6.22 Å². The molecule has 178 valence electrons. The second-order valence-corrected chi connectivity index (χ2v) is 8.97. The highest BCUT2D eigenvalue weighted by molar-refractivity contribution is 6.02. The van der Waals surface area contributed by atoms with E-state index in [-0.39, 0.29) is 13.1 Å². The highest BCUT2D eigenvalue weighted by Gasteiger charge is 2.24. The van der Waals surface area contributed by atoms with Gasteiger partial charge in [-0.1, -0.05) is 75.5 Å². The van der Waals surface area contributed by atoms with Crippen LogP contribution in [0, 0.1) is 5.92 Å². The summed E-state index contributed by atoms with van der Waals surface area (Å²) in [5.74, 6) is 0.346. The first-order chi connectivity index (χ1) is 17.0. The normalized spacial score (nSPS) is 15.0. The number of fused-ring (bicyclic) bond motifs is 3. The fourth-order valence-electron chi connectivity index (χ4n) is 4.88. The van der Waals surface area contributed by atoms with Crippen molar-refractivity contribution in [3.8, 4) is 0 Å². The summed E-state index contributed by atoms with van der Waals surface area (Å²) in [5, 5.41) is 4.74. The van der Waals surface area contributed by atoms with E-state index in [0.29, 0.717) is 12.0 Å². The summed E-state index contributed by atoms with van der Waals surface area (Å²) >= 11 is 0. The molecule has 2 heteroatoms. The molecule has 4 aromatic rings. The fraction of sp³-hybridized carbons (Fsp3) is 0.212.